The number of carbonyl (C=O) groups excluding carboxylic acids is 2. The number of ether oxygens (including phenoxy) is 1. The summed E-state index contributed by atoms with van der Waals surface area (Å²) < 4.78 is 10.8. The Balaban J connectivity index is 1.70. The van der Waals surface area contributed by atoms with E-state index in [2.05, 4.69) is 10.6 Å². The predicted molar refractivity (Wildman–Crippen MR) is 94.3 cm³/mol. The standard InChI is InChI=1S/C19H18N2O4/c1-24-12-15-14-9-5-6-10-16(14)25-18(15)19(23)20-11-17(22)21-13-7-3-2-4-8-13/h2-10H,11-12H2,1H3,(H,20,23)(H,21,22). The quantitative estimate of drug-likeness (QED) is 0.724. The van der Waals surface area contributed by atoms with E-state index in [1.807, 2.05) is 36.4 Å². The molecule has 0 spiro atoms. The van der Waals surface area contributed by atoms with Gasteiger partial charge in [0, 0.05) is 23.7 Å². The molecule has 0 aliphatic carbocycles. The van der Waals surface area contributed by atoms with Gasteiger partial charge in [-0.3, -0.25) is 9.59 Å². The molecule has 0 saturated carbocycles. The number of hydrogen-bond acceptors (Lipinski definition) is 4. The molecule has 1 aromatic heterocycles. The van der Waals surface area contributed by atoms with Crippen LogP contribution in [0.5, 0.6) is 0 Å². The number of carbonyl (C=O) groups is 2. The molecule has 0 saturated heterocycles. The Morgan fingerprint density at radius 1 is 1.04 bits per heavy atom. The molecule has 25 heavy (non-hydrogen) atoms. The van der Waals surface area contributed by atoms with E-state index in [-0.39, 0.29) is 24.8 Å². The highest BCUT2D eigenvalue weighted by molar-refractivity contribution is 6.01. The minimum absolute atomic E-state index is 0.156. The number of para-hydroxylation sites is 2. The summed E-state index contributed by atoms with van der Waals surface area (Å²) in [6.07, 6.45) is 0. The molecule has 6 heteroatoms. The maximum atomic E-state index is 12.4. The zero-order valence-corrected chi connectivity index (χ0v) is 13.7. The van der Waals surface area contributed by atoms with E-state index < -0.39 is 5.91 Å². The molecular weight excluding hydrogens is 320 g/mol. The van der Waals surface area contributed by atoms with E-state index in [9.17, 15) is 9.59 Å². The van der Waals surface area contributed by atoms with Crippen LogP contribution < -0.4 is 10.6 Å². The largest absolute Gasteiger partial charge is 0.451 e. The Morgan fingerprint density at radius 2 is 1.76 bits per heavy atom. The van der Waals surface area contributed by atoms with Crippen LogP contribution in [0.2, 0.25) is 0 Å². The SMILES string of the molecule is COCc1c(C(=O)NCC(=O)Nc2ccccc2)oc2ccccc12. The molecule has 3 aromatic rings. The molecule has 1 heterocycles. The van der Waals surface area contributed by atoms with E-state index in [1.165, 1.54) is 0 Å². The molecule has 0 fully saturated rings. The maximum absolute atomic E-state index is 12.4. The van der Waals surface area contributed by atoms with Gasteiger partial charge in [0.1, 0.15) is 5.58 Å². The fourth-order valence-corrected chi connectivity index (χ4v) is 2.54. The third-order valence-corrected chi connectivity index (χ3v) is 3.66. The third kappa shape index (κ3) is 3.87. The van der Waals surface area contributed by atoms with Crippen molar-refractivity contribution in [2.24, 2.45) is 0 Å². The van der Waals surface area contributed by atoms with Crippen LogP contribution in [0.15, 0.2) is 59.0 Å². The summed E-state index contributed by atoms with van der Waals surface area (Å²) in [5, 5.41) is 6.11. The first-order valence-electron chi connectivity index (χ1n) is 7.81. The van der Waals surface area contributed by atoms with E-state index in [0.717, 1.165) is 5.39 Å². The summed E-state index contributed by atoms with van der Waals surface area (Å²) in [6, 6.07) is 16.4. The van der Waals surface area contributed by atoms with Gasteiger partial charge in [-0.15, -0.1) is 0 Å². The van der Waals surface area contributed by atoms with E-state index in [0.29, 0.717) is 16.8 Å². The highest BCUT2D eigenvalue weighted by Crippen LogP contribution is 2.26. The topological polar surface area (TPSA) is 80.6 Å². The van der Waals surface area contributed by atoms with Crippen molar-refractivity contribution >= 4 is 28.5 Å². The Hall–Kier alpha value is -3.12. The van der Waals surface area contributed by atoms with Gasteiger partial charge in [0.25, 0.3) is 5.91 Å². The lowest BCUT2D eigenvalue weighted by atomic mass is 10.1. The van der Waals surface area contributed by atoms with Crippen LogP contribution in [0.25, 0.3) is 11.0 Å². The zero-order chi connectivity index (χ0) is 17.6. The van der Waals surface area contributed by atoms with Gasteiger partial charge >= 0.3 is 0 Å². The molecule has 0 unspecified atom stereocenters. The number of anilines is 1. The molecule has 2 amide bonds. The number of hydrogen-bond donors (Lipinski definition) is 2. The molecule has 6 nitrogen and oxygen atoms in total. The summed E-state index contributed by atoms with van der Waals surface area (Å²) in [5.41, 5.74) is 1.94. The average Bonchev–Trinajstić information content (AvgIpc) is 3.00. The molecule has 0 atom stereocenters. The van der Waals surface area contributed by atoms with Crippen LogP contribution in [0.4, 0.5) is 5.69 Å². The van der Waals surface area contributed by atoms with Crippen molar-refractivity contribution in [1.29, 1.82) is 0 Å². The summed E-state index contributed by atoms with van der Waals surface area (Å²) in [5.74, 6) is -0.606. The van der Waals surface area contributed by atoms with Crippen molar-refractivity contribution in [1.82, 2.24) is 5.32 Å². The van der Waals surface area contributed by atoms with Crippen LogP contribution in [0.3, 0.4) is 0 Å². The first-order valence-corrected chi connectivity index (χ1v) is 7.81. The average molecular weight is 338 g/mol. The van der Waals surface area contributed by atoms with Crippen molar-refractivity contribution < 1.29 is 18.7 Å². The number of methoxy groups -OCH3 is 1. The maximum Gasteiger partial charge on any atom is 0.287 e. The second-order valence-electron chi connectivity index (χ2n) is 5.44. The lowest BCUT2D eigenvalue weighted by Crippen LogP contribution is -2.33. The molecule has 0 radical (unpaired) electrons. The fraction of sp³-hybridized carbons (Fsp3) is 0.158. The van der Waals surface area contributed by atoms with Crippen LogP contribution >= 0.6 is 0 Å². The van der Waals surface area contributed by atoms with Gasteiger partial charge in [0.2, 0.25) is 5.91 Å². The third-order valence-electron chi connectivity index (χ3n) is 3.66. The van der Waals surface area contributed by atoms with Crippen molar-refractivity contribution in [3.05, 3.63) is 65.9 Å². The summed E-state index contributed by atoms with van der Waals surface area (Å²) in [6.45, 7) is 0.0904. The minimum atomic E-state index is -0.452. The predicted octanol–water partition coefficient (Wildman–Crippen LogP) is 2.95. The Bertz CT molecular complexity index is 887. The Kier molecular flexibility index (Phi) is 5.11. The van der Waals surface area contributed by atoms with Crippen LogP contribution in [-0.4, -0.2) is 25.5 Å². The minimum Gasteiger partial charge on any atom is -0.451 e. The number of furan rings is 1. The van der Waals surface area contributed by atoms with Gasteiger partial charge in [-0.2, -0.15) is 0 Å². The van der Waals surface area contributed by atoms with Crippen LogP contribution in [0.1, 0.15) is 16.1 Å². The highest BCUT2D eigenvalue weighted by Gasteiger charge is 2.20. The number of amides is 2. The van der Waals surface area contributed by atoms with Gasteiger partial charge < -0.3 is 19.8 Å². The molecular formula is C19H18N2O4. The lowest BCUT2D eigenvalue weighted by molar-refractivity contribution is -0.115. The molecule has 2 aromatic carbocycles. The zero-order valence-electron chi connectivity index (χ0n) is 13.7. The van der Waals surface area contributed by atoms with Crippen LogP contribution in [-0.2, 0) is 16.1 Å². The number of fused-ring (bicyclic) bond motifs is 1. The number of rotatable bonds is 6. The summed E-state index contributed by atoms with van der Waals surface area (Å²) in [7, 11) is 1.55. The Labute approximate surface area is 144 Å². The first kappa shape index (κ1) is 16.7. The molecule has 0 aliphatic rings. The molecule has 0 aliphatic heterocycles. The van der Waals surface area contributed by atoms with Gasteiger partial charge in [-0.05, 0) is 18.2 Å². The Morgan fingerprint density at radius 3 is 2.52 bits per heavy atom. The van der Waals surface area contributed by atoms with Gasteiger partial charge in [-0.25, -0.2) is 0 Å². The molecule has 3 rings (SSSR count). The van der Waals surface area contributed by atoms with E-state index in [1.54, 1.807) is 25.3 Å². The van der Waals surface area contributed by atoms with Gasteiger partial charge in [-0.1, -0.05) is 36.4 Å². The fourth-order valence-electron chi connectivity index (χ4n) is 2.54. The van der Waals surface area contributed by atoms with Crippen molar-refractivity contribution in [2.75, 3.05) is 19.0 Å². The summed E-state index contributed by atoms with van der Waals surface area (Å²) in [4.78, 5) is 24.4. The second kappa shape index (κ2) is 7.63. The van der Waals surface area contributed by atoms with E-state index >= 15 is 0 Å². The van der Waals surface area contributed by atoms with Crippen molar-refractivity contribution in [3.63, 3.8) is 0 Å². The smallest absolute Gasteiger partial charge is 0.287 e. The van der Waals surface area contributed by atoms with Gasteiger partial charge in [0.15, 0.2) is 5.76 Å². The van der Waals surface area contributed by atoms with Crippen molar-refractivity contribution in [3.8, 4) is 0 Å². The normalized spacial score (nSPS) is 10.6. The van der Waals surface area contributed by atoms with Gasteiger partial charge in [0.05, 0.1) is 13.2 Å². The molecule has 128 valence electrons. The number of nitrogens with one attached hydrogen (secondary N) is 2. The second-order valence-corrected chi connectivity index (χ2v) is 5.44. The highest BCUT2D eigenvalue weighted by atomic mass is 16.5. The lowest BCUT2D eigenvalue weighted by Gasteiger charge is -2.06. The van der Waals surface area contributed by atoms with Crippen molar-refractivity contribution in [2.45, 2.75) is 6.61 Å². The van der Waals surface area contributed by atoms with Crippen LogP contribution in [0, 0.1) is 0 Å². The number of benzene rings is 2. The molecule has 2 N–H and O–H groups in total. The first-order chi connectivity index (χ1) is 12.2. The monoisotopic (exact) mass is 338 g/mol. The molecule has 0 bridgehead atoms. The van der Waals surface area contributed by atoms with E-state index in [4.69, 9.17) is 9.15 Å². The summed E-state index contributed by atoms with van der Waals surface area (Å²) >= 11 is 0.